The molecule has 12 aromatic rings. The predicted octanol–water partition coefficient (Wildman–Crippen LogP) is 17.4. The Morgan fingerprint density at radius 2 is 0.516 bits per heavy atom. The zero-order valence-corrected chi connectivity index (χ0v) is 34.8. The number of benzene rings is 10. The van der Waals surface area contributed by atoms with E-state index >= 15 is 0 Å². The third-order valence-corrected chi connectivity index (χ3v) is 12.2. The van der Waals surface area contributed by atoms with Gasteiger partial charge < -0.3 is 18.6 Å². The fourth-order valence-electron chi connectivity index (χ4n) is 9.12. The lowest BCUT2D eigenvalue weighted by molar-refractivity contribution is 0.668. The quantitative estimate of drug-likeness (QED) is 0.145. The third-order valence-electron chi connectivity index (χ3n) is 12.2. The summed E-state index contributed by atoms with van der Waals surface area (Å²) in [5.74, 6) is 0. The Kier molecular flexibility index (Phi) is 9.12. The Labute approximate surface area is 371 Å². The Bertz CT molecular complexity index is 3380. The Hall–Kier alpha value is -8.60. The van der Waals surface area contributed by atoms with E-state index in [0.717, 1.165) is 100 Å². The number of furan rings is 2. The monoisotopic (exact) mass is 820 g/mol. The van der Waals surface area contributed by atoms with Gasteiger partial charge in [0.2, 0.25) is 0 Å². The van der Waals surface area contributed by atoms with Gasteiger partial charge in [-0.3, -0.25) is 0 Å². The number of hydrogen-bond donors (Lipinski definition) is 0. The fraction of sp³-hybridized carbons (Fsp3) is 0. The SMILES string of the molecule is c1ccc(-c2cc(-c3ccc(N(c4ccccc4)c4ccc5oc6ccccc6c5c4)cc3)cc(-c3ccc(N(c4ccccc4)c4ccc5oc6ccccc6c5c4)cc3)c2)cc1. The van der Waals surface area contributed by atoms with Crippen LogP contribution in [0.2, 0.25) is 0 Å². The van der Waals surface area contributed by atoms with Gasteiger partial charge in [0.1, 0.15) is 22.3 Å². The summed E-state index contributed by atoms with van der Waals surface area (Å²) in [7, 11) is 0. The third kappa shape index (κ3) is 6.75. The molecule has 4 nitrogen and oxygen atoms in total. The minimum atomic E-state index is 0.881. The first kappa shape index (κ1) is 37.2. The van der Waals surface area contributed by atoms with Gasteiger partial charge in [0.05, 0.1) is 0 Å². The number of hydrogen-bond acceptors (Lipinski definition) is 4. The van der Waals surface area contributed by atoms with E-state index in [1.165, 1.54) is 11.1 Å². The number of anilines is 6. The summed E-state index contributed by atoms with van der Waals surface area (Å²) in [5.41, 5.74) is 16.9. The van der Waals surface area contributed by atoms with Crippen LogP contribution in [0.5, 0.6) is 0 Å². The van der Waals surface area contributed by atoms with Gasteiger partial charge in [-0.2, -0.15) is 0 Å². The molecule has 0 bridgehead atoms. The molecule has 0 saturated heterocycles. The lowest BCUT2D eigenvalue weighted by atomic mass is 9.93. The molecule has 0 N–H and O–H groups in total. The maximum absolute atomic E-state index is 6.20. The Morgan fingerprint density at radius 3 is 0.938 bits per heavy atom. The second kappa shape index (κ2) is 15.7. The predicted molar refractivity (Wildman–Crippen MR) is 267 cm³/mol. The molecule has 0 unspecified atom stereocenters. The molecule has 0 aliphatic heterocycles. The molecule has 302 valence electrons. The summed E-state index contributed by atoms with van der Waals surface area (Å²) in [6, 6.07) is 86.0. The van der Waals surface area contributed by atoms with E-state index in [-0.39, 0.29) is 0 Å². The van der Waals surface area contributed by atoms with Crippen LogP contribution in [0, 0.1) is 0 Å². The van der Waals surface area contributed by atoms with Crippen LogP contribution in [0.1, 0.15) is 0 Å². The summed E-state index contributed by atoms with van der Waals surface area (Å²) < 4.78 is 12.4. The second-order valence-corrected chi connectivity index (χ2v) is 16.2. The van der Waals surface area contributed by atoms with Crippen molar-refractivity contribution in [3.05, 3.63) is 243 Å². The van der Waals surface area contributed by atoms with Crippen LogP contribution in [0.3, 0.4) is 0 Å². The van der Waals surface area contributed by atoms with Gasteiger partial charge >= 0.3 is 0 Å². The highest BCUT2D eigenvalue weighted by atomic mass is 16.3. The van der Waals surface area contributed by atoms with Crippen molar-refractivity contribution in [3.8, 4) is 33.4 Å². The molecular weight excluding hydrogens is 781 g/mol. The molecule has 12 rings (SSSR count). The highest BCUT2D eigenvalue weighted by Gasteiger charge is 2.18. The van der Waals surface area contributed by atoms with Crippen LogP contribution >= 0.6 is 0 Å². The smallest absolute Gasteiger partial charge is 0.135 e. The summed E-state index contributed by atoms with van der Waals surface area (Å²) in [6.07, 6.45) is 0. The Morgan fingerprint density at radius 1 is 0.203 bits per heavy atom. The molecule has 0 atom stereocenters. The minimum Gasteiger partial charge on any atom is -0.456 e. The molecule has 64 heavy (non-hydrogen) atoms. The van der Waals surface area contributed by atoms with Crippen molar-refractivity contribution in [2.45, 2.75) is 0 Å². The second-order valence-electron chi connectivity index (χ2n) is 16.2. The van der Waals surface area contributed by atoms with Crippen molar-refractivity contribution in [2.24, 2.45) is 0 Å². The van der Waals surface area contributed by atoms with E-state index in [4.69, 9.17) is 8.83 Å². The molecule has 0 fully saturated rings. The van der Waals surface area contributed by atoms with E-state index in [1.807, 2.05) is 24.3 Å². The van der Waals surface area contributed by atoms with Crippen LogP contribution in [-0.2, 0) is 0 Å². The van der Waals surface area contributed by atoms with E-state index < -0.39 is 0 Å². The normalized spacial score (nSPS) is 11.4. The molecule has 10 aromatic carbocycles. The van der Waals surface area contributed by atoms with Gasteiger partial charge in [0.15, 0.2) is 0 Å². The van der Waals surface area contributed by atoms with Gasteiger partial charge in [0, 0.05) is 55.7 Å². The first-order valence-corrected chi connectivity index (χ1v) is 21.6. The highest BCUT2D eigenvalue weighted by molar-refractivity contribution is 6.07. The van der Waals surface area contributed by atoms with Crippen molar-refractivity contribution >= 4 is 78.0 Å². The molecule has 0 saturated carbocycles. The first-order valence-electron chi connectivity index (χ1n) is 21.6. The van der Waals surface area contributed by atoms with E-state index in [9.17, 15) is 0 Å². The molecule has 2 aromatic heterocycles. The summed E-state index contributed by atoms with van der Waals surface area (Å²) >= 11 is 0. The van der Waals surface area contributed by atoms with Crippen LogP contribution in [0.4, 0.5) is 34.1 Å². The average Bonchev–Trinajstić information content (AvgIpc) is 3.93. The number of para-hydroxylation sites is 4. The van der Waals surface area contributed by atoms with Crippen LogP contribution < -0.4 is 9.80 Å². The zero-order valence-electron chi connectivity index (χ0n) is 34.8. The molecule has 4 heteroatoms. The standard InChI is InChI=1S/C60H40N2O2/c1-4-14-41(15-5-1)44-36-45(42-24-28-49(29-25-42)61(47-16-6-2-7-17-47)51-32-34-59-55(39-51)53-20-10-12-22-57(53)63-59)38-46(37-44)43-26-30-50(31-27-43)62(48-18-8-3-9-19-48)52-33-35-60-56(40-52)54-21-11-13-23-58(54)64-60/h1-40H. The topological polar surface area (TPSA) is 32.8 Å². The number of fused-ring (bicyclic) bond motifs is 6. The largest absolute Gasteiger partial charge is 0.456 e. The van der Waals surface area contributed by atoms with E-state index in [0.29, 0.717) is 0 Å². The minimum absolute atomic E-state index is 0.881. The van der Waals surface area contributed by atoms with Gasteiger partial charge in [0.25, 0.3) is 0 Å². The van der Waals surface area contributed by atoms with Gasteiger partial charge in [-0.15, -0.1) is 0 Å². The van der Waals surface area contributed by atoms with Gasteiger partial charge in [-0.1, -0.05) is 127 Å². The lowest BCUT2D eigenvalue weighted by Gasteiger charge is -2.26. The van der Waals surface area contributed by atoms with Crippen LogP contribution in [0.15, 0.2) is 251 Å². The molecule has 2 heterocycles. The summed E-state index contributed by atoms with van der Waals surface area (Å²) in [5, 5.41) is 4.42. The van der Waals surface area contributed by atoms with Crippen LogP contribution in [-0.4, -0.2) is 0 Å². The van der Waals surface area contributed by atoms with Crippen molar-refractivity contribution in [3.63, 3.8) is 0 Å². The summed E-state index contributed by atoms with van der Waals surface area (Å²) in [4.78, 5) is 4.62. The molecule has 0 aliphatic carbocycles. The highest BCUT2D eigenvalue weighted by Crippen LogP contribution is 2.42. The molecule has 0 radical (unpaired) electrons. The molecule has 0 amide bonds. The lowest BCUT2D eigenvalue weighted by Crippen LogP contribution is -2.09. The van der Waals surface area contributed by atoms with Gasteiger partial charge in [-0.25, -0.2) is 0 Å². The number of nitrogens with zero attached hydrogens (tertiary/aromatic N) is 2. The maximum atomic E-state index is 6.20. The first-order chi connectivity index (χ1) is 31.7. The fourth-order valence-corrected chi connectivity index (χ4v) is 9.12. The van der Waals surface area contributed by atoms with E-state index in [1.54, 1.807) is 0 Å². The van der Waals surface area contributed by atoms with E-state index in [2.05, 4.69) is 228 Å². The molecule has 0 aliphatic rings. The molecule has 0 spiro atoms. The van der Waals surface area contributed by atoms with Gasteiger partial charge in [-0.05, 0) is 149 Å². The van der Waals surface area contributed by atoms with Crippen LogP contribution in [0.25, 0.3) is 77.3 Å². The number of rotatable bonds is 9. The van der Waals surface area contributed by atoms with Crippen molar-refractivity contribution in [2.75, 3.05) is 9.80 Å². The van der Waals surface area contributed by atoms with Crippen molar-refractivity contribution in [1.29, 1.82) is 0 Å². The summed E-state index contributed by atoms with van der Waals surface area (Å²) in [6.45, 7) is 0. The Balaban J connectivity index is 0.923. The van der Waals surface area contributed by atoms with Crippen molar-refractivity contribution < 1.29 is 8.83 Å². The van der Waals surface area contributed by atoms with Crippen molar-refractivity contribution in [1.82, 2.24) is 0 Å². The zero-order chi connectivity index (χ0) is 42.4. The average molecular weight is 821 g/mol. The molecular formula is C60H40N2O2. The maximum Gasteiger partial charge on any atom is 0.135 e.